The van der Waals surface area contributed by atoms with Crippen LogP contribution in [-0.4, -0.2) is 18.1 Å². The number of benzene rings is 1. The molecule has 1 aliphatic heterocycles. The number of para-hydroxylation sites is 1. The molecule has 0 aliphatic carbocycles. The van der Waals surface area contributed by atoms with Crippen LogP contribution in [0.2, 0.25) is 0 Å². The van der Waals surface area contributed by atoms with Gasteiger partial charge in [-0.2, -0.15) is 0 Å². The summed E-state index contributed by atoms with van der Waals surface area (Å²) in [7, 11) is 0. The van der Waals surface area contributed by atoms with Crippen LogP contribution >= 0.6 is 15.9 Å². The quantitative estimate of drug-likeness (QED) is 0.878. The molecule has 1 aliphatic rings. The zero-order valence-electron chi connectivity index (χ0n) is 10.3. The SMILES string of the molecule is Nc1cc(Br)cnc1N1CCOc2ccccc2C1. The molecule has 2 heterocycles. The average molecular weight is 320 g/mol. The van der Waals surface area contributed by atoms with Gasteiger partial charge in [-0.3, -0.25) is 0 Å². The monoisotopic (exact) mass is 319 g/mol. The van der Waals surface area contributed by atoms with E-state index in [1.54, 1.807) is 6.20 Å². The number of hydrogen-bond acceptors (Lipinski definition) is 4. The standard InChI is InChI=1S/C14H14BrN3O/c15-11-7-12(16)14(17-8-11)18-5-6-19-13-4-2-1-3-10(13)9-18/h1-4,7-8H,5-6,9,16H2. The first-order chi connectivity index (χ1) is 9.24. The summed E-state index contributed by atoms with van der Waals surface area (Å²) in [6.07, 6.45) is 1.77. The van der Waals surface area contributed by atoms with Gasteiger partial charge in [0, 0.05) is 22.8 Å². The number of nitrogens with zero attached hydrogens (tertiary/aromatic N) is 2. The highest BCUT2D eigenvalue weighted by Crippen LogP contribution is 2.29. The van der Waals surface area contributed by atoms with Crippen LogP contribution in [0.4, 0.5) is 11.5 Å². The zero-order chi connectivity index (χ0) is 13.2. The van der Waals surface area contributed by atoms with E-state index in [9.17, 15) is 0 Å². The lowest BCUT2D eigenvalue weighted by molar-refractivity contribution is 0.331. The van der Waals surface area contributed by atoms with Gasteiger partial charge in [0.05, 0.1) is 12.2 Å². The number of rotatable bonds is 1. The fourth-order valence-electron chi connectivity index (χ4n) is 2.22. The van der Waals surface area contributed by atoms with Crippen molar-refractivity contribution in [1.29, 1.82) is 0 Å². The number of nitrogens with two attached hydrogens (primary N) is 1. The molecule has 2 aromatic rings. The topological polar surface area (TPSA) is 51.4 Å². The van der Waals surface area contributed by atoms with Crippen molar-refractivity contribution in [2.24, 2.45) is 0 Å². The Labute approximate surface area is 120 Å². The van der Waals surface area contributed by atoms with E-state index in [4.69, 9.17) is 10.5 Å². The second kappa shape index (κ2) is 5.09. The van der Waals surface area contributed by atoms with E-state index in [0.717, 1.165) is 34.7 Å². The summed E-state index contributed by atoms with van der Waals surface area (Å²) < 4.78 is 6.63. The Morgan fingerprint density at radius 3 is 3.00 bits per heavy atom. The van der Waals surface area contributed by atoms with Gasteiger partial charge in [-0.25, -0.2) is 4.98 Å². The Bertz CT molecular complexity index is 603. The molecule has 0 amide bonds. The Hall–Kier alpha value is -1.75. The van der Waals surface area contributed by atoms with Crippen LogP contribution < -0.4 is 15.4 Å². The third-order valence-corrected chi connectivity index (χ3v) is 3.55. The van der Waals surface area contributed by atoms with Crippen molar-refractivity contribution in [3.63, 3.8) is 0 Å². The number of nitrogen functional groups attached to an aromatic ring is 1. The van der Waals surface area contributed by atoms with E-state index in [1.807, 2.05) is 24.3 Å². The molecule has 98 valence electrons. The molecule has 0 fully saturated rings. The van der Waals surface area contributed by atoms with Gasteiger partial charge in [-0.05, 0) is 28.1 Å². The second-order valence-electron chi connectivity index (χ2n) is 4.44. The van der Waals surface area contributed by atoms with Gasteiger partial charge in [0.2, 0.25) is 0 Å². The van der Waals surface area contributed by atoms with Crippen LogP contribution in [0.3, 0.4) is 0 Å². The van der Waals surface area contributed by atoms with Crippen molar-refractivity contribution < 1.29 is 4.74 Å². The summed E-state index contributed by atoms with van der Waals surface area (Å²) in [5, 5.41) is 0. The molecule has 5 heteroatoms. The molecule has 3 rings (SSSR count). The molecule has 0 radical (unpaired) electrons. The molecule has 0 saturated heterocycles. The number of halogens is 1. The van der Waals surface area contributed by atoms with Crippen molar-refractivity contribution in [2.75, 3.05) is 23.8 Å². The first kappa shape index (κ1) is 12.3. The van der Waals surface area contributed by atoms with E-state index < -0.39 is 0 Å². The molecule has 4 nitrogen and oxygen atoms in total. The maximum absolute atomic E-state index is 6.05. The second-order valence-corrected chi connectivity index (χ2v) is 5.36. The van der Waals surface area contributed by atoms with Crippen LogP contribution in [0.15, 0.2) is 41.0 Å². The summed E-state index contributed by atoms with van der Waals surface area (Å²) in [5.41, 5.74) is 7.88. The molecule has 0 bridgehead atoms. The minimum absolute atomic E-state index is 0.633. The maximum atomic E-state index is 6.05. The third kappa shape index (κ3) is 2.51. The predicted molar refractivity (Wildman–Crippen MR) is 79.3 cm³/mol. The lowest BCUT2D eigenvalue weighted by Gasteiger charge is -2.22. The van der Waals surface area contributed by atoms with E-state index in [2.05, 4.69) is 31.9 Å². The largest absolute Gasteiger partial charge is 0.491 e. The number of anilines is 2. The van der Waals surface area contributed by atoms with Crippen LogP contribution in [0.1, 0.15) is 5.56 Å². The summed E-state index contributed by atoms with van der Waals surface area (Å²) in [5.74, 6) is 1.75. The molecule has 2 N–H and O–H groups in total. The van der Waals surface area contributed by atoms with Gasteiger partial charge in [-0.15, -0.1) is 0 Å². The molecule has 1 aromatic heterocycles. The molecule has 0 spiro atoms. The van der Waals surface area contributed by atoms with Gasteiger partial charge < -0.3 is 15.4 Å². The molecule has 0 unspecified atom stereocenters. The van der Waals surface area contributed by atoms with Crippen LogP contribution in [-0.2, 0) is 6.54 Å². The number of ether oxygens (including phenoxy) is 1. The van der Waals surface area contributed by atoms with Crippen LogP contribution in [0, 0.1) is 0 Å². The highest BCUT2D eigenvalue weighted by Gasteiger charge is 2.18. The average Bonchev–Trinajstić information content (AvgIpc) is 2.60. The highest BCUT2D eigenvalue weighted by atomic mass is 79.9. The van der Waals surface area contributed by atoms with Gasteiger partial charge in [0.1, 0.15) is 12.4 Å². The van der Waals surface area contributed by atoms with Crippen LogP contribution in [0.5, 0.6) is 5.75 Å². The molecule has 0 saturated carbocycles. The van der Waals surface area contributed by atoms with Crippen molar-refractivity contribution in [2.45, 2.75) is 6.54 Å². The molecular formula is C14H14BrN3O. The van der Waals surface area contributed by atoms with Gasteiger partial charge in [-0.1, -0.05) is 18.2 Å². The van der Waals surface area contributed by atoms with Gasteiger partial charge >= 0.3 is 0 Å². The maximum Gasteiger partial charge on any atom is 0.152 e. The number of fused-ring (bicyclic) bond motifs is 1. The minimum Gasteiger partial charge on any atom is -0.491 e. The molecule has 19 heavy (non-hydrogen) atoms. The number of pyridine rings is 1. The lowest BCUT2D eigenvalue weighted by atomic mass is 10.2. The Kier molecular flexibility index (Phi) is 3.29. The molecule has 1 aromatic carbocycles. The summed E-state index contributed by atoms with van der Waals surface area (Å²) >= 11 is 3.38. The van der Waals surface area contributed by atoms with E-state index >= 15 is 0 Å². The van der Waals surface area contributed by atoms with Crippen molar-refractivity contribution >= 4 is 27.4 Å². The third-order valence-electron chi connectivity index (χ3n) is 3.11. The molecular weight excluding hydrogens is 306 g/mol. The highest BCUT2D eigenvalue weighted by molar-refractivity contribution is 9.10. The molecule has 0 atom stereocenters. The Balaban J connectivity index is 1.94. The summed E-state index contributed by atoms with van der Waals surface area (Å²) in [6.45, 7) is 2.16. The smallest absolute Gasteiger partial charge is 0.152 e. The van der Waals surface area contributed by atoms with Gasteiger partial charge in [0.25, 0.3) is 0 Å². The van der Waals surface area contributed by atoms with E-state index in [0.29, 0.717) is 12.3 Å². The minimum atomic E-state index is 0.633. The fourth-order valence-corrected chi connectivity index (χ4v) is 2.57. The van der Waals surface area contributed by atoms with Crippen LogP contribution in [0.25, 0.3) is 0 Å². The van der Waals surface area contributed by atoms with E-state index in [1.165, 1.54) is 0 Å². The Morgan fingerprint density at radius 2 is 2.16 bits per heavy atom. The number of hydrogen-bond donors (Lipinski definition) is 1. The van der Waals surface area contributed by atoms with E-state index in [-0.39, 0.29) is 0 Å². The zero-order valence-corrected chi connectivity index (χ0v) is 11.9. The predicted octanol–water partition coefficient (Wildman–Crippen LogP) is 2.83. The van der Waals surface area contributed by atoms with Gasteiger partial charge in [0.15, 0.2) is 5.82 Å². The van der Waals surface area contributed by atoms with Crippen molar-refractivity contribution in [3.8, 4) is 5.75 Å². The lowest BCUT2D eigenvalue weighted by Crippen LogP contribution is -2.27. The van der Waals surface area contributed by atoms with Crippen molar-refractivity contribution in [1.82, 2.24) is 4.98 Å². The normalized spacial score (nSPS) is 14.5. The number of aromatic nitrogens is 1. The first-order valence-electron chi connectivity index (χ1n) is 6.11. The Morgan fingerprint density at radius 1 is 1.32 bits per heavy atom. The fraction of sp³-hybridized carbons (Fsp3) is 0.214. The first-order valence-corrected chi connectivity index (χ1v) is 6.90. The summed E-state index contributed by atoms with van der Waals surface area (Å²) in [6, 6.07) is 9.95. The van der Waals surface area contributed by atoms with Crippen molar-refractivity contribution in [3.05, 3.63) is 46.6 Å². The summed E-state index contributed by atoms with van der Waals surface area (Å²) in [4.78, 5) is 6.56.